The number of rotatable bonds is 6. The molecule has 0 radical (unpaired) electrons. The van der Waals surface area contributed by atoms with Crippen molar-refractivity contribution in [2.24, 2.45) is 17.8 Å². The quantitative estimate of drug-likeness (QED) is 0.178. The highest BCUT2D eigenvalue weighted by Gasteiger charge is 2.33. The third-order valence-electron chi connectivity index (χ3n) is 6.03. The van der Waals surface area contributed by atoms with Crippen LogP contribution in [-0.4, -0.2) is 59.0 Å². The zero-order valence-corrected chi connectivity index (χ0v) is 23.6. The third kappa shape index (κ3) is 10.1. The molecule has 0 unspecified atom stereocenters. The Hall–Kier alpha value is -2.07. The molecule has 1 saturated heterocycles. The summed E-state index contributed by atoms with van der Waals surface area (Å²) < 4.78 is 5.65. The van der Waals surface area contributed by atoms with Crippen LogP contribution < -0.4 is 10.6 Å². The molecule has 36 heavy (non-hydrogen) atoms. The number of amides is 2. The summed E-state index contributed by atoms with van der Waals surface area (Å²) in [5.74, 6) is -2.84. The fourth-order valence-electron chi connectivity index (χ4n) is 3.74. The summed E-state index contributed by atoms with van der Waals surface area (Å²) in [5, 5.41) is 5.38. The Morgan fingerprint density at radius 2 is 1.67 bits per heavy atom. The first-order valence-corrected chi connectivity index (χ1v) is 13.6. The maximum absolute atomic E-state index is 13.1. The Labute approximate surface area is 225 Å². The standard InChI is InChI=1S/C26H40N2O6S2/c1-6-17-11-22(30)21(14-36)27-25(32)20(15(2)3)13-18(29)12-19(9-7-8-10-35)34-26(33)23(16(4)5)28-24(17)31/h6-7,9,15-16,19-21,23,35-36H,8,10-14H2,1-5H3,(H,27,32)(H,28,31)/b9-7+,17-6+/t19-,20+,21+,23-/m0/s1. The van der Waals surface area contributed by atoms with Crippen molar-refractivity contribution in [2.45, 2.75) is 78.5 Å². The first-order chi connectivity index (χ1) is 16.9. The lowest BCUT2D eigenvalue weighted by atomic mass is 9.88. The smallest absolute Gasteiger partial charge is 0.329 e. The fourth-order valence-corrected chi connectivity index (χ4v) is 4.18. The summed E-state index contributed by atoms with van der Waals surface area (Å²) in [4.78, 5) is 65.0. The molecule has 0 aromatic heterocycles. The molecule has 1 aliphatic heterocycles. The number of allylic oxidation sites excluding steroid dienone is 2. The molecule has 1 heterocycles. The zero-order valence-electron chi connectivity index (χ0n) is 21.8. The van der Waals surface area contributed by atoms with Gasteiger partial charge < -0.3 is 15.4 Å². The van der Waals surface area contributed by atoms with Gasteiger partial charge in [-0.1, -0.05) is 39.8 Å². The van der Waals surface area contributed by atoms with E-state index in [0.29, 0.717) is 12.2 Å². The van der Waals surface area contributed by atoms with E-state index >= 15 is 0 Å². The Bertz CT molecular complexity index is 868. The maximum atomic E-state index is 13.1. The molecular formula is C26H40N2O6S2. The van der Waals surface area contributed by atoms with E-state index in [-0.39, 0.29) is 54.0 Å². The summed E-state index contributed by atoms with van der Waals surface area (Å²) >= 11 is 8.39. The average Bonchev–Trinajstić information content (AvgIpc) is 2.81. The number of thiol groups is 2. The van der Waals surface area contributed by atoms with Crippen LogP contribution >= 0.6 is 25.3 Å². The van der Waals surface area contributed by atoms with Crippen molar-refractivity contribution < 1.29 is 28.7 Å². The minimum Gasteiger partial charge on any atom is -0.456 e. The fraction of sp³-hybridized carbons (Fsp3) is 0.654. The Morgan fingerprint density at radius 3 is 2.19 bits per heavy atom. The molecule has 8 nitrogen and oxygen atoms in total. The van der Waals surface area contributed by atoms with E-state index in [4.69, 9.17) is 4.74 Å². The van der Waals surface area contributed by atoms with Crippen molar-refractivity contribution >= 4 is 54.6 Å². The van der Waals surface area contributed by atoms with Crippen molar-refractivity contribution in [3.05, 3.63) is 23.8 Å². The highest BCUT2D eigenvalue weighted by atomic mass is 32.1. The van der Waals surface area contributed by atoms with Crippen LogP contribution in [0.25, 0.3) is 0 Å². The van der Waals surface area contributed by atoms with E-state index in [1.165, 1.54) is 6.08 Å². The lowest BCUT2D eigenvalue weighted by Gasteiger charge is -2.26. The minimum atomic E-state index is -0.977. The van der Waals surface area contributed by atoms with E-state index in [0.717, 1.165) is 0 Å². The molecule has 1 aliphatic rings. The largest absolute Gasteiger partial charge is 0.456 e. The van der Waals surface area contributed by atoms with Gasteiger partial charge in [-0.05, 0) is 37.0 Å². The van der Waals surface area contributed by atoms with E-state index < -0.39 is 41.9 Å². The summed E-state index contributed by atoms with van der Waals surface area (Å²) in [7, 11) is 0. The van der Waals surface area contributed by atoms with Gasteiger partial charge in [0.2, 0.25) is 11.8 Å². The molecule has 202 valence electrons. The second-order valence-corrected chi connectivity index (χ2v) is 10.4. The number of carbonyl (C=O) groups excluding carboxylic acids is 5. The SMILES string of the molecule is C/C=C1\CC(=O)[C@@H](CS)NC(=O)[C@@H](C(C)C)CC(=O)C[C@H](/C=C/CCS)OC(=O)[C@H](C(C)C)NC1=O. The average molecular weight is 541 g/mol. The molecular weight excluding hydrogens is 500 g/mol. The van der Waals surface area contributed by atoms with Gasteiger partial charge in [0, 0.05) is 36.5 Å². The molecule has 0 spiro atoms. The van der Waals surface area contributed by atoms with E-state index in [2.05, 4.69) is 35.9 Å². The van der Waals surface area contributed by atoms with E-state index in [1.807, 2.05) is 13.8 Å². The van der Waals surface area contributed by atoms with Gasteiger partial charge in [0.25, 0.3) is 0 Å². The van der Waals surface area contributed by atoms with E-state index in [9.17, 15) is 24.0 Å². The van der Waals surface area contributed by atoms with Crippen LogP contribution in [0.15, 0.2) is 23.8 Å². The lowest BCUT2D eigenvalue weighted by Crippen LogP contribution is -2.49. The van der Waals surface area contributed by atoms with Crippen LogP contribution in [0.4, 0.5) is 0 Å². The predicted molar refractivity (Wildman–Crippen MR) is 146 cm³/mol. The zero-order chi connectivity index (χ0) is 27.4. The molecule has 1 fully saturated rings. The second-order valence-electron chi connectivity index (χ2n) is 9.61. The van der Waals surface area contributed by atoms with Crippen molar-refractivity contribution in [2.75, 3.05) is 11.5 Å². The number of carbonyl (C=O) groups is 5. The monoisotopic (exact) mass is 540 g/mol. The van der Waals surface area contributed by atoms with Gasteiger partial charge in [-0.25, -0.2) is 4.79 Å². The maximum Gasteiger partial charge on any atom is 0.329 e. The number of hydrogen-bond acceptors (Lipinski definition) is 8. The highest BCUT2D eigenvalue weighted by Crippen LogP contribution is 2.20. The topological polar surface area (TPSA) is 119 Å². The molecule has 0 aromatic carbocycles. The van der Waals surface area contributed by atoms with Gasteiger partial charge in [-0.2, -0.15) is 25.3 Å². The normalized spacial score (nSPS) is 27.0. The number of hydrogen-bond donors (Lipinski definition) is 4. The summed E-state index contributed by atoms with van der Waals surface area (Å²) in [6, 6.07) is -1.90. The van der Waals surface area contributed by atoms with E-state index in [1.54, 1.807) is 32.9 Å². The minimum absolute atomic E-state index is 0.0426. The van der Waals surface area contributed by atoms with Gasteiger partial charge >= 0.3 is 5.97 Å². The summed E-state index contributed by atoms with van der Waals surface area (Å²) in [5.41, 5.74) is 0.174. The molecule has 10 heteroatoms. The Morgan fingerprint density at radius 1 is 1.00 bits per heavy atom. The van der Waals surface area contributed by atoms with Crippen LogP contribution in [0.5, 0.6) is 0 Å². The Balaban J connectivity index is 3.43. The number of esters is 1. The predicted octanol–water partition coefficient (Wildman–Crippen LogP) is 2.87. The molecule has 4 atom stereocenters. The van der Waals surface area contributed by atoms with Crippen LogP contribution in [-0.2, 0) is 28.7 Å². The molecule has 0 bridgehead atoms. The van der Waals surface area contributed by atoms with Gasteiger partial charge in [-0.3, -0.25) is 19.2 Å². The molecule has 0 aromatic rings. The van der Waals surface area contributed by atoms with Crippen molar-refractivity contribution in [1.29, 1.82) is 0 Å². The van der Waals surface area contributed by atoms with Crippen molar-refractivity contribution in [3.8, 4) is 0 Å². The van der Waals surface area contributed by atoms with Gasteiger partial charge in [-0.15, -0.1) is 0 Å². The van der Waals surface area contributed by atoms with Crippen LogP contribution in [0.1, 0.15) is 60.3 Å². The van der Waals surface area contributed by atoms with Crippen molar-refractivity contribution in [1.82, 2.24) is 10.6 Å². The third-order valence-corrected chi connectivity index (χ3v) is 6.66. The van der Waals surface area contributed by atoms with Gasteiger partial charge in [0.1, 0.15) is 17.9 Å². The lowest BCUT2D eigenvalue weighted by molar-refractivity contribution is -0.153. The summed E-state index contributed by atoms with van der Waals surface area (Å²) in [6.45, 7) is 8.81. The van der Waals surface area contributed by atoms with Crippen LogP contribution in [0, 0.1) is 17.8 Å². The molecule has 0 aliphatic carbocycles. The van der Waals surface area contributed by atoms with Crippen molar-refractivity contribution in [3.63, 3.8) is 0 Å². The first-order valence-electron chi connectivity index (χ1n) is 12.3. The number of ether oxygens (including phenoxy) is 1. The highest BCUT2D eigenvalue weighted by molar-refractivity contribution is 7.80. The number of nitrogens with one attached hydrogen (secondary N) is 2. The molecule has 2 amide bonds. The summed E-state index contributed by atoms with van der Waals surface area (Å²) in [6.07, 6.45) is 4.30. The van der Waals surface area contributed by atoms with Crippen LogP contribution in [0.3, 0.4) is 0 Å². The first kappa shape index (κ1) is 32.0. The van der Waals surface area contributed by atoms with Gasteiger partial charge in [0.05, 0.1) is 6.04 Å². The number of Topliss-reactive ketones (excluding diaryl/α,β-unsaturated/α-hetero) is 2. The van der Waals surface area contributed by atoms with Crippen LogP contribution in [0.2, 0.25) is 0 Å². The molecule has 2 N–H and O–H groups in total. The molecule has 1 rings (SSSR count). The Kier molecular flexibility index (Phi) is 14.1. The number of cyclic esters (lactones) is 1. The molecule has 0 saturated carbocycles. The van der Waals surface area contributed by atoms with Gasteiger partial charge in [0.15, 0.2) is 5.78 Å². The number of ketones is 2. The second kappa shape index (κ2) is 15.9.